The second kappa shape index (κ2) is 9.88. The normalized spacial score (nSPS) is 29.1. The van der Waals surface area contributed by atoms with Gasteiger partial charge in [0.15, 0.2) is 0 Å². The summed E-state index contributed by atoms with van der Waals surface area (Å²) in [7, 11) is 1.51. The molecule has 8 heteroatoms. The van der Waals surface area contributed by atoms with Crippen molar-refractivity contribution in [2.45, 2.75) is 24.2 Å². The molecule has 0 spiro atoms. The van der Waals surface area contributed by atoms with Crippen molar-refractivity contribution in [3.63, 3.8) is 0 Å². The maximum Gasteiger partial charge on any atom is 0.246 e. The lowest BCUT2D eigenvalue weighted by Gasteiger charge is -2.51. The zero-order valence-electron chi connectivity index (χ0n) is 24.4. The van der Waals surface area contributed by atoms with Crippen LogP contribution in [0.5, 0.6) is 5.75 Å². The van der Waals surface area contributed by atoms with Crippen LogP contribution in [0.1, 0.15) is 29.9 Å². The minimum Gasteiger partial charge on any atom is -0.508 e. The number of rotatable bonds is 3. The van der Waals surface area contributed by atoms with Gasteiger partial charge in [0.05, 0.1) is 28.9 Å². The molecule has 1 saturated carbocycles. The van der Waals surface area contributed by atoms with Crippen molar-refractivity contribution in [2.24, 2.45) is 23.7 Å². The fraction of sp³-hybridized carbons (Fsp3) is 0.243. The number of imide groups is 2. The maximum atomic E-state index is 15.3. The number of allylic oxidation sites excluding steroid dienone is 2. The molecule has 0 aromatic heterocycles. The Bertz CT molecular complexity index is 1990. The van der Waals surface area contributed by atoms with E-state index in [1.165, 1.54) is 16.8 Å². The molecule has 2 saturated heterocycles. The first-order chi connectivity index (χ1) is 21.7. The van der Waals surface area contributed by atoms with Crippen LogP contribution in [0, 0.1) is 23.7 Å². The Hall–Kier alpha value is -4.75. The summed E-state index contributed by atoms with van der Waals surface area (Å²) in [6.07, 6.45) is 2.55. The third-order valence-corrected chi connectivity index (χ3v) is 10.9. The maximum absolute atomic E-state index is 15.3. The van der Waals surface area contributed by atoms with Crippen molar-refractivity contribution >= 4 is 51.7 Å². The summed E-state index contributed by atoms with van der Waals surface area (Å²) < 4.78 is 0. The van der Waals surface area contributed by atoms with Gasteiger partial charge >= 0.3 is 0 Å². The van der Waals surface area contributed by atoms with Crippen LogP contribution in [-0.2, 0) is 24.6 Å². The van der Waals surface area contributed by atoms with Crippen LogP contribution in [0.25, 0.3) is 10.8 Å². The van der Waals surface area contributed by atoms with Crippen LogP contribution in [0.15, 0.2) is 103 Å². The van der Waals surface area contributed by atoms with Gasteiger partial charge in [0, 0.05) is 23.6 Å². The number of nitrogens with zero attached hydrogens (tertiary/aromatic N) is 2. The van der Waals surface area contributed by atoms with Gasteiger partial charge in [-0.3, -0.25) is 24.1 Å². The number of fused-ring (bicyclic) bond motifs is 5. The summed E-state index contributed by atoms with van der Waals surface area (Å²) in [4.78, 5) is 59.4. The van der Waals surface area contributed by atoms with E-state index in [1.807, 2.05) is 66.7 Å². The van der Waals surface area contributed by atoms with E-state index in [9.17, 15) is 19.5 Å². The number of aromatic hydroxyl groups is 1. The second-order valence-electron chi connectivity index (χ2n) is 12.5. The summed E-state index contributed by atoms with van der Waals surface area (Å²) in [6, 6.07) is 27.1. The molecule has 4 aliphatic rings. The molecule has 1 N–H and O–H groups in total. The van der Waals surface area contributed by atoms with E-state index in [1.54, 1.807) is 30.3 Å². The lowest BCUT2D eigenvalue weighted by molar-refractivity contribution is -0.138. The zero-order chi connectivity index (χ0) is 31.2. The van der Waals surface area contributed by atoms with Crippen LogP contribution >= 0.6 is 11.6 Å². The predicted octanol–water partition coefficient (Wildman–Crippen LogP) is 5.99. The summed E-state index contributed by atoms with van der Waals surface area (Å²) in [6.45, 7) is 0. The molecule has 4 amide bonds. The number of likely N-dealkylation sites (tertiary alicyclic amines) is 1. The number of carbonyl (C=O) groups is 4. The van der Waals surface area contributed by atoms with Gasteiger partial charge in [0.1, 0.15) is 5.75 Å². The lowest BCUT2D eigenvalue weighted by Crippen LogP contribution is -2.53. The standard InChI is InChI=1S/C37H29ClN2O5/c1-39-33(42)26-16-15-25-27(30(26)35(39)44)19-28-34(43)40(23-12-7-11-22(38)18-23)36(45)37(28,21-9-3-2-4-10-21)32(25)31-24-13-6-5-8-20(24)14-17-29(31)41/h2-15,17-18,26-28,30,32,41H,16,19H2,1H3/t26-,27+,28-,30-,32+,37+/m0/s1. The van der Waals surface area contributed by atoms with Gasteiger partial charge in [-0.15, -0.1) is 0 Å². The molecule has 4 aromatic rings. The molecule has 0 radical (unpaired) electrons. The van der Waals surface area contributed by atoms with Crippen molar-refractivity contribution in [1.29, 1.82) is 0 Å². The van der Waals surface area contributed by atoms with Crippen molar-refractivity contribution < 1.29 is 24.3 Å². The smallest absolute Gasteiger partial charge is 0.246 e. The first-order valence-corrected chi connectivity index (χ1v) is 15.5. The molecular weight excluding hydrogens is 588 g/mol. The number of phenolic OH excluding ortho intramolecular Hbond substituents is 1. The Morgan fingerprint density at radius 1 is 0.822 bits per heavy atom. The van der Waals surface area contributed by atoms with E-state index in [0.717, 1.165) is 16.3 Å². The number of hydrogen-bond donors (Lipinski definition) is 1. The highest BCUT2D eigenvalue weighted by Gasteiger charge is 2.70. The van der Waals surface area contributed by atoms with Crippen molar-refractivity contribution in [3.05, 3.63) is 119 Å². The molecule has 7 nitrogen and oxygen atoms in total. The van der Waals surface area contributed by atoms with Gasteiger partial charge in [-0.1, -0.05) is 90.0 Å². The van der Waals surface area contributed by atoms with Crippen LogP contribution < -0.4 is 4.90 Å². The summed E-state index contributed by atoms with van der Waals surface area (Å²) in [5.74, 6) is -4.63. The number of hydrogen-bond acceptors (Lipinski definition) is 5. The molecule has 45 heavy (non-hydrogen) atoms. The van der Waals surface area contributed by atoms with E-state index in [2.05, 4.69) is 0 Å². The average molecular weight is 617 g/mol. The molecule has 2 aliphatic heterocycles. The topological polar surface area (TPSA) is 95.0 Å². The number of anilines is 1. The lowest BCUT2D eigenvalue weighted by atomic mass is 9.48. The minimum atomic E-state index is -1.45. The molecule has 8 rings (SSSR count). The van der Waals surface area contributed by atoms with Crippen LogP contribution in [0.2, 0.25) is 5.02 Å². The van der Waals surface area contributed by atoms with Crippen LogP contribution in [0.4, 0.5) is 5.69 Å². The van der Waals surface area contributed by atoms with Crippen molar-refractivity contribution in [1.82, 2.24) is 4.90 Å². The molecule has 2 heterocycles. The van der Waals surface area contributed by atoms with Crippen molar-refractivity contribution in [3.8, 4) is 5.75 Å². The second-order valence-corrected chi connectivity index (χ2v) is 13.0. The highest BCUT2D eigenvalue weighted by Crippen LogP contribution is 2.65. The number of halogens is 1. The Morgan fingerprint density at radius 2 is 1.58 bits per heavy atom. The van der Waals surface area contributed by atoms with E-state index < -0.39 is 40.9 Å². The zero-order valence-corrected chi connectivity index (χ0v) is 25.1. The molecular formula is C37H29ClN2O5. The largest absolute Gasteiger partial charge is 0.508 e. The summed E-state index contributed by atoms with van der Waals surface area (Å²) in [5, 5.41) is 13.8. The van der Waals surface area contributed by atoms with Gasteiger partial charge in [0.2, 0.25) is 23.6 Å². The molecule has 0 bridgehead atoms. The van der Waals surface area contributed by atoms with Crippen LogP contribution in [0.3, 0.4) is 0 Å². The Morgan fingerprint density at radius 3 is 2.36 bits per heavy atom. The van der Waals surface area contributed by atoms with E-state index in [4.69, 9.17) is 11.6 Å². The van der Waals surface area contributed by atoms with Gasteiger partial charge in [-0.05, 0) is 59.4 Å². The Balaban J connectivity index is 1.47. The van der Waals surface area contributed by atoms with E-state index in [0.29, 0.717) is 28.3 Å². The Labute approximate surface area is 264 Å². The quantitative estimate of drug-likeness (QED) is 0.225. The first kappa shape index (κ1) is 27.8. The summed E-state index contributed by atoms with van der Waals surface area (Å²) in [5.41, 5.74) is 0.922. The van der Waals surface area contributed by atoms with Crippen LogP contribution in [-0.4, -0.2) is 40.7 Å². The van der Waals surface area contributed by atoms with Crippen molar-refractivity contribution in [2.75, 3.05) is 11.9 Å². The van der Waals surface area contributed by atoms with Gasteiger partial charge in [-0.2, -0.15) is 0 Å². The SMILES string of the molecule is CN1C(=O)[C@H]2[C@H](CC=C3[C@H]2C[C@H]2C(=O)N(c4cccc(Cl)c4)C(=O)[C@@]2(c2ccccc2)[C@H]3c2c(O)ccc3ccccc23)C1=O. The monoisotopic (exact) mass is 616 g/mol. The van der Waals surface area contributed by atoms with Gasteiger partial charge in [0.25, 0.3) is 0 Å². The number of benzene rings is 4. The van der Waals surface area contributed by atoms with Gasteiger partial charge in [-0.25, -0.2) is 4.90 Å². The molecule has 6 atom stereocenters. The third kappa shape index (κ3) is 3.64. The molecule has 3 fully saturated rings. The molecule has 4 aromatic carbocycles. The first-order valence-electron chi connectivity index (χ1n) is 15.2. The average Bonchev–Trinajstić information content (AvgIpc) is 3.42. The molecule has 224 valence electrons. The van der Waals surface area contributed by atoms with E-state index >= 15 is 4.79 Å². The number of amides is 4. The predicted molar refractivity (Wildman–Crippen MR) is 169 cm³/mol. The van der Waals surface area contributed by atoms with E-state index in [-0.39, 0.29) is 29.9 Å². The minimum absolute atomic E-state index is 0.00354. The summed E-state index contributed by atoms with van der Waals surface area (Å²) >= 11 is 6.37. The highest BCUT2D eigenvalue weighted by atomic mass is 35.5. The fourth-order valence-electron chi connectivity index (χ4n) is 8.80. The number of phenols is 1. The highest BCUT2D eigenvalue weighted by molar-refractivity contribution is 6.32. The third-order valence-electron chi connectivity index (χ3n) is 10.6. The molecule has 0 unspecified atom stereocenters. The number of carbonyl (C=O) groups excluding carboxylic acids is 4. The fourth-order valence-corrected chi connectivity index (χ4v) is 8.99. The Kier molecular flexibility index (Phi) is 6.10. The van der Waals surface area contributed by atoms with Gasteiger partial charge < -0.3 is 5.11 Å². The molecule has 2 aliphatic carbocycles.